The molecule has 7 heteroatoms. The molecule has 0 radical (unpaired) electrons. The van der Waals surface area contributed by atoms with Crippen LogP contribution < -0.4 is 5.32 Å². The first kappa shape index (κ1) is 14.7. The number of hydrogen-bond acceptors (Lipinski definition) is 5. The molecular weight excluding hydrogens is 336 g/mol. The highest BCUT2D eigenvalue weighted by molar-refractivity contribution is 9.10. The van der Waals surface area contributed by atoms with Crippen LogP contribution in [-0.2, 0) is 9.47 Å². The van der Waals surface area contributed by atoms with Gasteiger partial charge < -0.3 is 14.8 Å². The second-order valence-corrected chi connectivity index (χ2v) is 6.28. The first-order valence-electron chi connectivity index (χ1n) is 7.01. The molecule has 2 aromatic rings. The Hall–Kier alpha value is -1.18. The molecule has 1 N–H and O–H groups in total. The van der Waals surface area contributed by atoms with Crippen molar-refractivity contribution < 1.29 is 9.47 Å². The van der Waals surface area contributed by atoms with E-state index < -0.39 is 0 Å². The topological polar surface area (TPSA) is 61.2 Å². The molecule has 114 valence electrons. The SMILES string of the molecule is COC1COCC1Nc1cc(Br)nc2cnn(C(C)C)c12. The summed E-state index contributed by atoms with van der Waals surface area (Å²) < 4.78 is 13.7. The van der Waals surface area contributed by atoms with Crippen molar-refractivity contribution >= 4 is 32.7 Å². The van der Waals surface area contributed by atoms with Crippen LogP contribution in [0.25, 0.3) is 11.0 Å². The molecule has 0 spiro atoms. The van der Waals surface area contributed by atoms with Crippen molar-refractivity contribution in [2.24, 2.45) is 0 Å². The van der Waals surface area contributed by atoms with E-state index in [0.717, 1.165) is 21.3 Å². The van der Waals surface area contributed by atoms with Crippen LogP contribution in [0.15, 0.2) is 16.9 Å². The molecule has 3 rings (SSSR count). The highest BCUT2D eigenvalue weighted by Gasteiger charge is 2.29. The summed E-state index contributed by atoms with van der Waals surface area (Å²) >= 11 is 3.46. The Morgan fingerprint density at radius 1 is 1.48 bits per heavy atom. The number of pyridine rings is 1. The van der Waals surface area contributed by atoms with E-state index in [2.05, 4.69) is 45.2 Å². The lowest BCUT2D eigenvalue weighted by atomic mass is 10.2. The van der Waals surface area contributed by atoms with Crippen LogP contribution in [0, 0.1) is 0 Å². The monoisotopic (exact) mass is 354 g/mol. The Morgan fingerprint density at radius 2 is 2.29 bits per heavy atom. The molecule has 3 heterocycles. The number of nitrogens with zero attached hydrogens (tertiary/aromatic N) is 3. The van der Waals surface area contributed by atoms with Gasteiger partial charge >= 0.3 is 0 Å². The summed E-state index contributed by atoms with van der Waals surface area (Å²) in [7, 11) is 1.71. The molecule has 1 aliphatic rings. The van der Waals surface area contributed by atoms with Crippen molar-refractivity contribution in [3.63, 3.8) is 0 Å². The van der Waals surface area contributed by atoms with E-state index in [9.17, 15) is 0 Å². The molecule has 1 aliphatic heterocycles. The van der Waals surface area contributed by atoms with Crippen LogP contribution in [0.5, 0.6) is 0 Å². The summed E-state index contributed by atoms with van der Waals surface area (Å²) in [6.07, 6.45) is 1.85. The number of nitrogens with one attached hydrogen (secondary N) is 1. The first-order valence-corrected chi connectivity index (χ1v) is 7.80. The number of ether oxygens (including phenoxy) is 2. The average molecular weight is 355 g/mol. The third-order valence-corrected chi connectivity index (χ3v) is 4.09. The minimum Gasteiger partial charge on any atom is -0.377 e. The van der Waals surface area contributed by atoms with Gasteiger partial charge in [-0.3, -0.25) is 4.68 Å². The average Bonchev–Trinajstić information content (AvgIpc) is 3.04. The van der Waals surface area contributed by atoms with E-state index in [4.69, 9.17) is 9.47 Å². The number of methoxy groups -OCH3 is 1. The van der Waals surface area contributed by atoms with Crippen LogP contribution in [-0.4, -0.2) is 47.2 Å². The minimum absolute atomic E-state index is 0.0578. The third-order valence-electron chi connectivity index (χ3n) is 3.68. The second kappa shape index (κ2) is 5.90. The van der Waals surface area contributed by atoms with Gasteiger partial charge in [0.05, 0.1) is 31.1 Å². The van der Waals surface area contributed by atoms with Gasteiger partial charge in [-0.05, 0) is 35.8 Å². The van der Waals surface area contributed by atoms with E-state index in [1.807, 2.05) is 10.7 Å². The Kier molecular flexibility index (Phi) is 4.14. The van der Waals surface area contributed by atoms with Gasteiger partial charge in [-0.15, -0.1) is 0 Å². The van der Waals surface area contributed by atoms with Crippen molar-refractivity contribution in [2.75, 3.05) is 25.6 Å². The van der Waals surface area contributed by atoms with Crippen LogP contribution >= 0.6 is 15.9 Å². The molecule has 2 aromatic heterocycles. The molecule has 1 fully saturated rings. The van der Waals surface area contributed by atoms with Crippen LogP contribution in [0.1, 0.15) is 19.9 Å². The number of fused-ring (bicyclic) bond motifs is 1. The van der Waals surface area contributed by atoms with Gasteiger partial charge in [-0.2, -0.15) is 5.10 Å². The first-order chi connectivity index (χ1) is 10.1. The normalized spacial score (nSPS) is 22.3. The zero-order chi connectivity index (χ0) is 15.0. The van der Waals surface area contributed by atoms with Crippen LogP contribution in [0.4, 0.5) is 5.69 Å². The van der Waals surface area contributed by atoms with E-state index in [1.165, 1.54) is 0 Å². The van der Waals surface area contributed by atoms with Crippen LogP contribution in [0.3, 0.4) is 0 Å². The largest absolute Gasteiger partial charge is 0.377 e. The van der Waals surface area contributed by atoms with E-state index in [1.54, 1.807) is 13.3 Å². The number of anilines is 1. The summed E-state index contributed by atoms with van der Waals surface area (Å²) in [5.74, 6) is 0. The van der Waals surface area contributed by atoms with Gasteiger partial charge in [0.2, 0.25) is 0 Å². The van der Waals surface area contributed by atoms with Crippen molar-refractivity contribution in [2.45, 2.75) is 32.0 Å². The van der Waals surface area contributed by atoms with Gasteiger partial charge in [-0.25, -0.2) is 4.98 Å². The van der Waals surface area contributed by atoms with Crippen molar-refractivity contribution in [1.29, 1.82) is 0 Å². The summed E-state index contributed by atoms with van der Waals surface area (Å²) in [6, 6.07) is 2.38. The predicted octanol–water partition coefficient (Wildman–Crippen LogP) is 2.60. The summed E-state index contributed by atoms with van der Waals surface area (Å²) in [5, 5.41) is 7.97. The molecule has 0 bridgehead atoms. The van der Waals surface area contributed by atoms with E-state index >= 15 is 0 Å². The Bertz CT molecular complexity index is 643. The summed E-state index contributed by atoms with van der Waals surface area (Å²) in [6.45, 7) is 5.46. The van der Waals surface area contributed by atoms with E-state index in [0.29, 0.717) is 13.2 Å². The Morgan fingerprint density at radius 3 is 3.00 bits per heavy atom. The lowest BCUT2D eigenvalue weighted by Gasteiger charge is -2.20. The van der Waals surface area contributed by atoms with Gasteiger partial charge in [0.15, 0.2) is 0 Å². The molecule has 6 nitrogen and oxygen atoms in total. The molecule has 0 saturated carbocycles. The molecule has 1 saturated heterocycles. The predicted molar refractivity (Wildman–Crippen MR) is 84.6 cm³/mol. The highest BCUT2D eigenvalue weighted by atomic mass is 79.9. The van der Waals surface area contributed by atoms with Gasteiger partial charge in [0.25, 0.3) is 0 Å². The molecule has 0 aliphatic carbocycles. The molecular formula is C14H19BrN4O2. The molecule has 0 aromatic carbocycles. The number of aromatic nitrogens is 3. The zero-order valence-corrected chi connectivity index (χ0v) is 13.9. The fourth-order valence-corrected chi connectivity index (χ4v) is 3.05. The lowest BCUT2D eigenvalue weighted by Crippen LogP contribution is -2.33. The molecule has 21 heavy (non-hydrogen) atoms. The standard InChI is InChI=1S/C14H19BrN4O2/c1-8(2)19-14-9(4-13(15)18-10(14)5-16-19)17-11-6-21-7-12(11)20-3/h4-5,8,11-12H,6-7H2,1-3H3,(H,17,18). The fourth-order valence-electron chi connectivity index (χ4n) is 2.63. The smallest absolute Gasteiger partial charge is 0.112 e. The van der Waals surface area contributed by atoms with Crippen molar-refractivity contribution in [3.05, 3.63) is 16.9 Å². The minimum atomic E-state index is 0.0578. The summed E-state index contributed by atoms with van der Waals surface area (Å²) in [4.78, 5) is 4.48. The summed E-state index contributed by atoms with van der Waals surface area (Å²) in [5.41, 5.74) is 2.87. The third kappa shape index (κ3) is 2.77. The van der Waals surface area contributed by atoms with Crippen molar-refractivity contribution in [3.8, 4) is 0 Å². The number of halogens is 1. The molecule has 2 atom stereocenters. The van der Waals surface area contributed by atoms with Gasteiger partial charge in [-0.1, -0.05) is 0 Å². The molecule has 2 unspecified atom stereocenters. The lowest BCUT2D eigenvalue weighted by molar-refractivity contribution is 0.0795. The second-order valence-electron chi connectivity index (χ2n) is 5.47. The fraction of sp³-hybridized carbons (Fsp3) is 0.571. The number of rotatable bonds is 4. The molecule has 0 amide bonds. The number of hydrogen-bond donors (Lipinski definition) is 1. The van der Waals surface area contributed by atoms with Gasteiger partial charge in [0.1, 0.15) is 21.7 Å². The zero-order valence-electron chi connectivity index (χ0n) is 12.3. The Labute approximate surface area is 131 Å². The maximum atomic E-state index is 5.50. The Balaban J connectivity index is 2.02. The van der Waals surface area contributed by atoms with E-state index in [-0.39, 0.29) is 18.2 Å². The van der Waals surface area contributed by atoms with Crippen molar-refractivity contribution in [1.82, 2.24) is 14.8 Å². The maximum Gasteiger partial charge on any atom is 0.112 e. The quantitative estimate of drug-likeness (QED) is 0.855. The highest BCUT2D eigenvalue weighted by Crippen LogP contribution is 2.29. The maximum absolute atomic E-state index is 5.50. The van der Waals surface area contributed by atoms with Crippen LogP contribution in [0.2, 0.25) is 0 Å². The van der Waals surface area contributed by atoms with Gasteiger partial charge in [0, 0.05) is 13.2 Å².